The lowest BCUT2D eigenvalue weighted by Gasteiger charge is -2.32. The zero-order valence-electron chi connectivity index (χ0n) is 20.2. The van der Waals surface area contributed by atoms with Gasteiger partial charge in [-0.2, -0.15) is 13.2 Å². The topological polar surface area (TPSA) is 131 Å². The van der Waals surface area contributed by atoms with Crippen LogP contribution in [0.4, 0.5) is 19.0 Å². The molecule has 2 heterocycles. The van der Waals surface area contributed by atoms with Crippen molar-refractivity contribution in [2.45, 2.75) is 39.3 Å². The maximum absolute atomic E-state index is 12.9. The maximum atomic E-state index is 12.9. The molecule has 4 N–H and O–H groups in total. The normalized spacial score (nSPS) is 16.5. The number of primary amides is 1. The number of hydrogen-bond acceptors (Lipinski definition) is 8. The number of anilines is 1. The van der Waals surface area contributed by atoms with Crippen molar-refractivity contribution in [3.63, 3.8) is 0 Å². The van der Waals surface area contributed by atoms with E-state index in [0.717, 1.165) is 38.1 Å². The van der Waals surface area contributed by atoms with Crippen molar-refractivity contribution in [3.05, 3.63) is 34.9 Å². The molecule has 0 bridgehead atoms. The maximum Gasteiger partial charge on any atom is 0.416 e. The van der Waals surface area contributed by atoms with Gasteiger partial charge in [-0.3, -0.25) is 9.59 Å². The fraction of sp³-hybridized carbons (Fsp3) is 0.500. The summed E-state index contributed by atoms with van der Waals surface area (Å²) in [5.74, 6) is -1.25. The summed E-state index contributed by atoms with van der Waals surface area (Å²) in [6, 6.07) is 2.51. The Morgan fingerprint density at radius 2 is 2.06 bits per heavy atom. The van der Waals surface area contributed by atoms with E-state index in [2.05, 4.69) is 20.4 Å². The number of piperidine rings is 1. The van der Waals surface area contributed by atoms with Crippen molar-refractivity contribution in [1.29, 1.82) is 0 Å². The number of aromatic hydroxyl groups is 1. The lowest BCUT2D eigenvalue weighted by atomic mass is 9.97. The zero-order valence-corrected chi connectivity index (χ0v) is 20.2. The number of amides is 1. The molecule has 1 aromatic heterocycles. The number of carbonyl (C=O) groups is 2. The number of nitrogens with zero attached hydrogens (tertiary/aromatic N) is 3. The second-order valence-corrected chi connectivity index (χ2v) is 8.74. The van der Waals surface area contributed by atoms with Gasteiger partial charge in [-0.05, 0) is 62.9 Å². The minimum Gasteiger partial charge on any atom is -0.507 e. The molecule has 1 saturated heterocycles. The molecule has 1 aromatic carbocycles. The number of phenols is 1. The van der Waals surface area contributed by atoms with Gasteiger partial charge < -0.3 is 25.8 Å². The Morgan fingerprint density at radius 3 is 2.69 bits per heavy atom. The van der Waals surface area contributed by atoms with E-state index in [0.29, 0.717) is 32.2 Å². The molecular formula is C24H30F3N5O4. The summed E-state index contributed by atoms with van der Waals surface area (Å²) in [5, 5.41) is 21.5. The van der Waals surface area contributed by atoms with Crippen molar-refractivity contribution in [1.82, 2.24) is 15.1 Å². The number of nitrogens with two attached hydrogens (primary N) is 1. The fourth-order valence-electron chi connectivity index (χ4n) is 4.35. The molecule has 1 aliphatic rings. The van der Waals surface area contributed by atoms with E-state index in [1.807, 2.05) is 0 Å². The van der Waals surface area contributed by atoms with E-state index in [1.54, 1.807) is 13.8 Å². The lowest BCUT2D eigenvalue weighted by Crippen LogP contribution is -2.39. The molecule has 1 atom stereocenters. The van der Waals surface area contributed by atoms with E-state index < -0.39 is 23.4 Å². The van der Waals surface area contributed by atoms with Gasteiger partial charge in [-0.15, -0.1) is 10.2 Å². The first kappa shape index (κ1) is 27.2. The number of halogens is 3. The third-order valence-electron chi connectivity index (χ3n) is 6.14. The number of likely N-dealkylation sites (tertiary alicyclic amines) is 1. The Balaban J connectivity index is 1.74. The summed E-state index contributed by atoms with van der Waals surface area (Å²) >= 11 is 0. The van der Waals surface area contributed by atoms with Gasteiger partial charge in [-0.25, -0.2) is 0 Å². The standard InChI is InChI=1S/C24H30F3N5O4/c1-3-36-19(34)8-10-32-9-4-5-15(13-32)12-29-23-20(22(28)35)14(2)21(30-31-23)17-7-6-16(11-18(17)33)24(25,26)27/h6-7,11,15,33H,3-5,8-10,12-13H2,1-2H3,(H2,28,35)(H,29,31). The van der Waals surface area contributed by atoms with Crippen LogP contribution in [0.15, 0.2) is 18.2 Å². The molecule has 36 heavy (non-hydrogen) atoms. The average molecular weight is 510 g/mol. The van der Waals surface area contributed by atoms with Crippen molar-refractivity contribution in [3.8, 4) is 17.0 Å². The smallest absolute Gasteiger partial charge is 0.416 e. The van der Waals surface area contributed by atoms with Crippen molar-refractivity contribution in [2.24, 2.45) is 11.7 Å². The Hall–Kier alpha value is -3.41. The number of phenolic OH excluding ortho intramolecular Hbond substituents is 1. The molecule has 1 aliphatic heterocycles. The van der Waals surface area contributed by atoms with Crippen LogP contribution in [0.1, 0.15) is 47.7 Å². The second kappa shape index (κ2) is 11.5. The first-order chi connectivity index (χ1) is 17.0. The highest BCUT2D eigenvalue weighted by atomic mass is 19.4. The van der Waals surface area contributed by atoms with Gasteiger partial charge in [0, 0.05) is 25.2 Å². The Kier molecular flexibility index (Phi) is 8.72. The van der Waals surface area contributed by atoms with Crippen molar-refractivity contribution in [2.75, 3.05) is 38.1 Å². The third kappa shape index (κ3) is 6.62. The van der Waals surface area contributed by atoms with Crippen LogP contribution in [0.25, 0.3) is 11.3 Å². The molecule has 3 rings (SSSR count). The fourth-order valence-corrected chi connectivity index (χ4v) is 4.35. The number of carbonyl (C=O) groups excluding carboxylic acids is 2. The number of rotatable bonds is 9. The molecule has 1 unspecified atom stereocenters. The number of esters is 1. The van der Waals surface area contributed by atoms with Crippen molar-refractivity contribution < 1.29 is 32.6 Å². The molecule has 196 valence electrons. The molecule has 12 heteroatoms. The molecule has 0 spiro atoms. The highest BCUT2D eigenvalue weighted by Gasteiger charge is 2.32. The summed E-state index contributed by atoms with van der Waals surface area (Å²) in [4.78, 5) is 26.1. The van der Waals surface area contributed by atoms with E-state index in [9.17, 15) is 27.9 Å². The quantitative estimate of drug-likeness (QED) is 0.439. The van der Waals surface area contributed by atoms with Gasteiger partial charge in [0.2, 0.25) is 0 Å². The van der Waals surface area contributed by atoms with Crippen LogP contribution in [0, 0.1) is 12.8 Å². The SMILES string of the molecule is CCOC(=O)CCN1CCCC(CNc2nnc(-c3ccc(C(F)(F)F)cc3O)c(C)c2C(N)=O)C1. The van der Waals surface area contributed by atoms with Crippen LogP contribution in [0.2, 0.25) is 0 Å². The van der Waals surface area contributed by atoms with E-state index in [1.165, 1.54) is 0 Å². The summed E-state index contributed by atoms with van der Waals surface area (Å²) < 4.78 is 43.8. The zero-order chi connectivity index (χ0) is 26.5. The monoisotopic (exact) mass is 509 g/mol. The molecule has 0 aliphatic carbocycles. The van der Waals surface area contributed by atoms with E-state index >= 15 is 0 Å². The number of hydrogen-bond donors (Lipinski definition) is 3. The van der Waals surface area contributed by atoms with Gasteiger partial charge in [-0.1, -0.05) is 0 Å². The van der Waals surface area contributed by atoms with Crippen LogP contribution < -0.4 is 11.1 Å². The van der Waals surface area contributed by atoms with Gasteiger partial charge >= 0.3 is 12.1 Å². The first-order valence-corrected chi connectivity index (χ1v) is 11.7. The number of ether oxygens (including phenoxy) is 1. The largest absolute Gasteiger partial charge is 0.507 e. The number of alkyl halides is 3. The Bertz CT molecular complexity index is 1110. The molecule has 0 saturated carbocycles. The molecule has 1 amide bonds. The van der Waals surface area contributed by atoms with Crippen LogP contribution in [-0.2, 0) is 15.7 Å². The average Bonchev–Trinajstić information content (AvgIpc) is 2.81. The van der Waals surface area contributed by atoms with E-state index in [4.69, 9.17) is 10.5 Å². The number of nitrogens with one attached hydrogen (secondary N) is 1. The highest BCUT2D eigenvalue weighted by Crippen LogP contribution is 2.37. The minimum absolute atomic E-state index is 0.00609. The Labute approximate surface area is 206 Å². The molecule has 2 aromatic rings. The summed E-state index contributed by atoms with van der Waals surface area (Å²) in [7, 11) is 0. The number of benzene rings is 1. The van der Waals surface area contributed by atoms with Crippen LogP contribution >= 0.6 is 0 Å². The van der Waals surface area contributed by atoms with Gasteiger partial charge in [0.05, 0.1) is 24.2 Å². The first-order valence-electron chi connectivity index (χ1n) is 11.7. The summed E-state index contributed by atoms with van der Waals surface area (Å²) in [6.07, 6.45) is -2.40. The summed E-state index contributed by atoms with van der Waals surface area (Å²) in [6.45, 7) is 6.38. The molecular weight excluding hydrogens is 479 g/mol. The van der Waals surface area contributed by atoms with Crippen LogP contribution in [0.3, 0.4) is 0 Å². The Morgan fingerprint density at radius 1 is 1.31 bits per heavy atom. The van der Waals surface area contributed by atoms with Crippen LogP contribution in [0.5, 0.6) is 5.75 Å². The summed E-state index contributed by atoms with van der Waals surface area (Å²) in [5.41, 5.74) is 4.99. The predicted octanol–water partition coefficient (Wildman–Crippen LogP) is 3.35. The second-order valence-electron chi connectivity index (χ2n) is 8.74. The molecule has 9 nitrogen and oxygen atoms in total. The number of aromatic nitrogens is 2. The van der Waals surface area contributed by atoms with Gasteiger partial charge in [0.15, 0.2) is 5.82 Å². The third-order valence-corrected chi connectivity index (χ3v) is 6.14. The van der Waals surface area contributed by atoms with Crippen molar-refractivity contribution >= 4 is 17.7 Å². The molecule has 0 radical (unpaired) electrons. The lowest BCUT2D eigenvalue weighted by molar-refractivity contribution is -0.143. The van der Waals surface area contributed by atoms with Crippen LogP contribution in [-0.4, -0.2) is 64.9 Å². The van der Waals surface area contributed by atoms with Gasteiger partial charge in [0.25, 0.3) is 5.91 Å². The predicted molar refractivity (Wildman–Crippen MR) is 126 cm³/mol. The van der Waals surface area contributed by atoms with Gasteiger partial charge in [0.1, 0.15) is 11.4 Å². The minimum atomic E-state index is -4.61. The molecule has 1 fully saturated rings. The highest BCUT2D eigenvalue weighted by molar-refractivity contribution is 6.00. The van der Waals surface area contributed by atoms with E-state index in [-0.39, 0.29) is 40.1 Å².